The minimum absolute atomic E-state index is 0.146. The van der Waals surface area contributed by atoms with E-state index in [0.29, 0.717) is 17.5 Å². The predicted octanol–water partition coefficient (Wildman–Crippen LogP) is 2.16. The molecule has 1 aromatic carbocycles. The maximum Gasteiger partial charge on any atom is 0.267 e. The first-order chi connectivity index (χ1) is 13.5. The van der Waals surface area contributed by atoms with E-state index in [-0.39, 0.29) is 18.0 Å². The summed E-state index contributed by atoms with van der Waals surface area (Å²) in [4.78, 5) is 32.4. The molecule has 0 unspecified atom stereocenters. The quantitative estimate of drug-likeness (QED) is 0.576. The summed E-state index contributed by atoms with van der Waals surface area (Å²) in [5.41, 5.74) is 1.96. The van der Waals surface area contributed by atoms with Crippen molar-refractivity contribution >= 4 is 29.0 Å². The Morgan fingerprint density at radius 3 is 2.57 bits per heavy atom. The van der Waals surface area contributed by atoms with Gasteiger partial charge in [-0.2, -0.15) is 10.1 Å². The van der Waals surface area contributed by atoms with Gasteiger partial charge in [0.1, 0.15) is 12.4 Å². The number of amides is 1. The van der Waals surface area contributed by atoms with Crippen LogP contribution >= 0.6 is 0 Å². The lowest BCUT2D eigenvalue weighted by Gasteiger charge is -2.10. The highest BCUT2D eigenvalue weighted by atomic mass is 16.2. The number of carbonyl (C=O) groups is 1. The largest absolute Gasteiger partial charge is 0.354 e. The molecule has 0 aliphatic rings. The second kappa shape index (κ2) is 8.76. The van der Waals surface area contributed by atoms with E-state index < -0.39 is 0 Å². The molecule has 3 aromatic rings. The Morgan fingerprint density at radius 1 is 1.11 bits per heavy atom. The van der Waals surface area contributed by atoms with Crippen LogP contribution in [0, 0.1) is 6.92 Å². The maximum atomic E-state index is 12.1. The lowest BCUT2D eigenvalue weighted by molar-refractivity contribution is -0.117. The van der Waals surface area contributed by atoms with E-state index in [2.05, 4.69) is 31.0 Å². The lowest BCUT2D eigenvalue weighted by atomic mass is 10.2. The molecule has 28 heavy (non-hydrogen) atoms. The molecule has 0 atom stereocenters. The fourth-order valence-corrected chi connectivity index (χ4v) is 2.50. The minimum atomic E-state index is -0.330. The summed E-state index contributed by atoms with van der Waals surface area (Å²) < 4.78 is 1.10. The smallest absolute Gasteiger partial charge is 0.267 e. The number of carbonyl (C=O) groups excluding carboxylic acids is 1. The standard InChI is InChI=1S/C19H21N7O2/c1-3-20-19-22-13(2)11-16(25-19)23-14-6-8-15(9-7-14)24-17(27)12-26-18(28)5-4-10-21-26/h4-11H,3,12H2,1-2H3,(H,24,27)(H2,20,22,23,25). The van der Waals surface area contributed by atoms with Crippen LogP contribution in [-0.4, -0.2) is 32.2 Å². The van der Waals surface area contributed by atoms with Gasteiger partial charge in [0.2, 0.25) is 11.9 Å². The Kier molecular flexibility index (Phi) is 5.95. The van der Waals surface area contributed by atoms with E-state index in [9.17, 15) is 9.59 Å². The molecule has 144 valence electrons. The van der Waals surface area contributed by atoms with Crippen molar-refractivity contribution < 1.29 is 4.79 Å². The zero-order chi connectivity index (χ0) is 19.9. The first kappa shape index (κ1) is 19.0. The van der Waals surface area contributed by atoms with Crippen LogP contribution in [0.1, 0.15) is 12.6 Å². The Bertz CT molecular complexity index is 1020. The van der Waals surface area contributed by atoms with Gasteiger partial charge in [-0.25, -0.2) is 9.67 Å². The van der Waals surface area contributed by atoms with Gasteiger partial charge in [-0.3, -0.25) is 9.59 Å². The average Bonchev–Trinajstić information content (AvgIpc) is 2.65. The van der Waals surface area contributed by atoms with Crippen LogP contribution in [0.25, 0.3) is 0 Å². The molecule has 9 heteroatoms. The van der Waals surface area contributed by atoms with Crippen molar-refractivity contribution in [1.82, 2.24) is 19.7 Å². The summed E-state index contributed by atoms with van der Waals surface area (Å²) in [7, 11) is 0. The SMILES string of the molecule is CCNc1nc(C)cc(Nc2ccc(NC(=O)Cn3ncccc3=O)cc2)n1. The van der Waals surface area contributed by atoms with E-state index in [0.717, 1.165) is 22.6 Å². The molecule has 9 nitrogen and oxygen atoms in total. The van der Waals surface area contributed by atoms with Gasteiger partial charge in [0.15, 0.2) is 0 Å². The van der Waals surface area contributed by atoms with Crippen molar-refractivity contribution in [2.75, 3.05) is 22.5 Å². The molecule has 0 saturated heterocycles. The molecule has 0 radical (unpaired) electrons. The molecular formula is C19H21N7O2. The average molecular weight is 379 g/mol. The van der Waals surface area contributed by atoms with E-state index in [1.54, 1.807) is 12.1 Å². The van der Waals surface area contributed by atoms with Gasteiger partial charge >= 0.3 is 0 Å². The van der Waals surface area contributed by atoms with Gasteiger partial charge in [-0.1, -0.05) is 0 Å². The third-order valence-corrected chi connectivity index (χ3v) is 3.71. The van der Waals surface area contributed by atoms with Crippen molar-refractivity contribution in [1.29, 1.82) is 0 Å². The number of nitrogens with zero attached hydrogens (tertiary/aromatic N) is 4. The van der Waals surface area contributed by atoms with E-state index in [4.69, 9.17) is 0 Å². The van der Waals surface area contributed by atoms with E-state index in [1.165, 1.54) is 18.3 Å². The molecule has 0 saturated carbocycles. The molecule has 0 fully saturated rings. The Morgan fingerprint density at radius 2 is 1.86 bits per heavy atom. The summed E-state index contributed by atoms with van der Waals surface area (Å²) in [6.07, 6.45) is 1.46. The fraction of sp³-hybridized carbons (Fsp3) is 0.211. The van der Waals surface area contributed by atoms with E-state index in [1.807, 2.05) is 32.0 Å². The number of nitrogens with one attached hydrogen (secondary N) is 3. The number of hydrogen-bond acceptors (Lipinski definition) is 7. The molecular weight excluding hydrogens is 358 g/mol. The monoisotopic (exact) mass is 379 g/mol. The minimum Gasteiger partial charge on any atom is -0.354 e. The fourth-order valence-electron chi connectivity index (χ4n) is 2.50. The Hall–Kier alpha value is -3.75. The number of hydrogen-bond donors (Lipinski definition) is 3. The highest BCUT2D eigenvalue weighted by Crippen LogP contribution is 2.19. The molecule has 3 rings (SSSR count). The van der Waals surface area contributed by atoms with Crippen LogP contribution < -0.4 is 21.5 Å². The number of rotatable bonds is 7. The topological polar surface area (TPSA) is 114 Å². The first-order valence-electron chi connectivity index (χ1n) is 8.82. The number of anilines is 4. The second-order valence-corrected chi connectivity index (χ2v) is 6.02. The zero-order valence-electron chi connectivity index (χ0n) is 15.6. The van der Waals surface area contributed by atoms with Crippen LogP contribution in [0.3, 0.4) is 0 Å². The summed E-state index contributed by atoms with van der Waals surface area (Å²) in [5.74, 6) is 0.914. The highest BCUT2D eigenvalue weighted by Gasteiger charge is 2.06. The summed E-state index contributed by atoms with van der Waals surface area (Å²) in [6.45, 7) is 4.48. The third kappa shape index (κ3) is 5.13. The van der Waals surface area contributed by atoms with Crippen LogP contribution in [0.15, 0.2) is 53.5 Å². The Balaban J connectivity index is 1.63. The van der Waals surface area contributed by atoms with Gasteiger partial charge in [0.25, 0.3) is 5.56 Å². The Labute approximate surface area is 161 Å². The van der Waals surface area contributed by atoms with Gasteiger partial charge in [-0.05, 0) is 44.2 Å². The molecule has 1 amide bonds. The van der Waals surface area contributed by atoms with Crippen LogP contribution in [0.5, 0.6) is 0 Å². The lowest BCUT2D eigenvalue weighted by Crippen LogP contribution is -2.28. The number of aromatic nitrogens is 4. The summed E-state index contributed by atoms with van der Waals surface area (Å²) >= 11 is 0. The van der Waals surface area contributed by atoms with Crippen molar-refractivity contribution in [2.24, 2.45) is 0 Å². The van der Waals surface area contributed by atoms with Crippen molar-refractivity contribution in [2.45, 2.75) is 20.4 Å². The molecule has 2 aromatic heterocycles. The number of aryl methyl sites for hydroxylation is 1. The van der Waals surface area contributed by atoms with Gasteiger partial charge < -0.3 is 16.0 Å². The van der Waals surface area contributed by atoms with Crippen molar-refractivity contribution in [3.63, 3.8) is 0 Å². The molecule has 3 N–H and O–H groups in total. The summed E-state index contributed by atoms with van der Waals surface area (Å²) in [6, 6.07) is 11.9. The zero-order valence-corrected chi connectivity index (χ0v) is 15.6. The molecule has 0 spiro atoms. The van der Waals surface area contributed by atoms with E-state index >= 15 is 0 Å². The van der Waals surface area contributed by atoms with Gasteiger partial charge in [0.05, 0.1) is 0 Å². The molecule has 2 heterocycles. The first-order valence-corrected chi connectivity index (χ1v) is 8.82. The second-order valence-electron chi connectivity index (χ2n) is 6.02. The molecule has 0 aliphatic carbocycles. The van der Waals surface area contributed by atoms with Crippen molar-refractivity contribution in [3.05, 3.63) is 64.7 Å². The van der Waals surface area contributed by atoms with Gasteiger partial charge in [-0.15, -0.1) is 0 Å². The third-order valence-electron chi connectivity index (χ3n) is 3.71. The highest BCUT2D eigenvalue weighted by molar-refractivity contribution is 5.90. The van der Waals surface area contributed by atoms with Gasteiger partial charge in [0, 0.05) is 41.9 Å². The predicted molar refractivity (Wildman–Crippen MR) is 108 cm³/mol. The van der Waals surface area contributed by atoms with Crippen molar-refractivity contribution in [3.8, 4) is 0 Å². The molecule has 0 aliphatic heterocycles. The number of benzene rings is 1. The van der Waals surface area contributed by atoms with Crippen LogP contribution in [0.2, 0.25) is 0 Å². The maximum absolute atomic E-state index is 12.1. The van der Waals surface area contributed by atoms with Crippen LogP contribution in [-0.2, 0) is 11.3 Å². The normalized spacial score (nSPS) is 10.4. The van der Waals surface area contributed by atoms with Crippen LogP contribution in [0.4, 0.5) is 23.1 Å². The summed E-state index contributed by atoms with van der Waals surface area (Å²) in [5, 5.41) is 12.9. The molecule has 0 bridgehead atoms.